The highest BCUT2D eigenvalue weighted by atomic mass is 35.5. The zero-order valence-corrected chi connectivity index (χ0v) is 22.9. The average molecular weight is 515 g/mol. The van der Waals surface area contributed by atoms with Gasteiger partial charge in [-0.1, -0.05) is 54.8 Å². The largest absolute Gasteiger partial charge is 0.496 e. The van der Waals surface area contributed by atoms with Gasteiger partial charge in [-0.05, 0) is 82.9 Å². The quantitative estimate of drug-likeness (QED) is 0.277. The first-order valence-electron chi connectivity index (χ1n) is 13.3. The molecular weight excluding hydrogens is 472 g/mol. The van der Waals surface area contributed by atoms with Crippen molar-refractivity contribution in [3.63, 3.8) is 0 Å². The van der Waals surface area contributed by atoms with Gasteiger partial charge in [-0.25, -0.2) is 0 Å². The summed E-state index contributed by atoms with van der Waals surface area (Å²) in [5.74, 6) is 0.779. The Bertz CT molecular complexity index is 958. The number of benzene rings is 2. The number of anilines is 1. The Morgan fingerprint density at radius 3 is 2.56 bits per heavy atom. The van der Waals surface area contributed by atoms with Crippen molar-refractivity contribution in [2.75, 3.05) is 52.1 Å². The van der Waals surface area contributed by atoms with Crippen LogP contribution in [-0.2, 0) is 6.54 Å². The molecule has 2 aromatic rings. The number of unbranched alkanes of at least 4 members (excludes halogenated alkanes) is 2. The first-order valence-corrected chi connectivity index (χ1v) is 13.7. The standard InChI is InChI=1S/C29H43ClN4O2/c1-4-33(21-24-10-8-22(2)9-11-24)14-6-5-7-15-34-16-12-23(13-17-34)20-32-29(35)25-18-26(30)27(31)19-28(25)36-3/h8-11,18-19,23H,4-7,12-17,20-21,31H2,1-3H3,(H,32,35). The highest BCUT2D eigenvalue weighted by molar-refractivity contribution is 6.33. The Balaban J connectivity index is 1.29. The van der Waals surface area contributed by atoms with E-state index >= 15 is 0 Å². The summed E-state index contributed by atoms with van der Waals surface area (Å²) in [4.78, 5) is 17.8. The number of hydrogen-bond donors (Lipinski definition) is 2. The fourth-order valence-electron chi connectivity index (χ4n) is 4.81. The number of amides is 1. The van der Waals surface area contributed by atoms with E-state index in [1.165, 1.54) is 44.0 Å². The predicted octanol–water partition coefficient (Wildman–Crippen LogP) is 5.37. The number of nitrogen functional groups attached to an aromatic ring is 1. The highest BCUT2D eigenvalue weighted by Crippen LogP contribution is 2.29. The molecule has 1 fully saturated rings. The van der Waals surface area contributed by atoms with Gasteiger partial charge in [0.15, 0.2) is 0 Å². The van der Waals surface area contributed by atoms with Crippen molar-refractivity contribution >= 4 is 23.2 Å². The maximum atomic E-state index is 12.7. The molecule has 36 heavy (non-hydrogen) atoms. The molecule has 1 saturated heterocycles. The molecule has 2 aromatic carbocycles. The molecular formula is C29H43ClN4O2. The minimum Gasteiger partial charge on any atom is -0.496 e. The van der Waals surface area contributed by atoms with E-state index in [2.05, 4.69) is 53.2 Å². The summed E-state index contributed by atoms with van der Waals surface area (Å²) in [6.45, 7) is 11.7. The molecule has 1 aliphatic rings. The van der Waals surface area contributed by atoms with Gasteiger partial charge < -0.3 is 20.7 Å². The number of methoxy groups -OCH3 is 1. The van der Waals surface area contributed by atoms with E-state index in [1.807, 2.05) is 0 Å². The molecule has 0 bridgehead atoms. The lowest BCUT2D eigenvalue weighted by atomic mass is 9.96. The molecule has 0 aliphatic carbocycles. The Hall–Kier alpha value is -2.28. The Morgan fingerprint density at radius 1 is 1.17 bits per heavy atom. The van der Waals surface area contributed by atoms with Gasteiger partial charge in [-0.15, -0.1) is 0 Å². The van der Waals surface area contributed by atoms with Crippen molar-refractivity contribution in [1.82, 2.24) is 15.1 Å². The van der Waals surface area contributed by atoms with E-state index in [0.29, 0.717) is 34.5 Å². The van der Waals surface area contributed by atoms with Crippen molar-refractivity contribution in [3.05, 3.63) is 58.1 Å². The van der Waals surface area contributed by atoms with E-state index in [0.717, 1.165) is 45.6 Å². The van der Waals surface area contributed by atoms with Crippen LogP contribution in [0.25, 0.3) is 0 Å². The number of nitrogens with zero attached hydrogens (tertiary/aromatic N) is 2. The van der Waals surface area contributed by atoms with Gasteiger partial charge in [-0.2, -0.15) is 0 Å². The maximum Gasteiger partial charge on any atom is 0.255 e. The van der Waals surface area contributed by atoms with Crippen LogP contribution in [0.1, 0.15) is 60.5 Å². The maximum absolute atomic E-state index is 12.7. The van der Waals surface area contributed by atoms with Crippen molar-refractivity contribution in [2.45, 2.75) is 52.5 Å². The third-order valence-corrected chi connectivity index (χ3v) is 7.57. The summed E-state index contributed by atoms with van der Waals surface area (Å²) in [5, 5.41) is 3.42. The van der Waals surface area contributed by atoms with E-state index < -0.39 is 0 Å². The zero-order valence-electron chi connectivity index (χ0n) is 22.2. The topological polar surface area (TPSA) is 70.8 Å². The summed E-state index contributed by atoms with van der Waals surface area (Å²) in [7, 11) is 1.53. The minimum atomic E-state index is -0.167. The number of likely N-dealkylation sites (tertiary alicyclic amines) is 1. The van der Waals surface area contributed by atoms with Gasteiger partial charge in [0, 0.05) is 19.2 Å². The summed E-state index contributed by atoms with van der Waals surface area (Å²) in [5.41, 5.74) is 9.37. The van der Waals surface area contributed by atoms with Crippen molar-refractivity contribution in [2.24, 2.45) is 5.92 Å². The van der Waals surface area contributed by atoms with Gasteiger partial charge >= 0.3 is 0 Å². The molecule has 0 spiro atoms. The van der Waals surface area contributed by atoms with Gasteiger partial charge in [0.25, 0.3) is 5.91 Å². The molecule has 0 atom stereocenters. The molecule has 7 heteroatoms. The smallest absolute Gasteiger partial charge is 0.255 e. The van der Waals surface area contributed by atoms with Crippen LogP contribution in [0.2, 0.25) is 5.02 Å². The second-order valence-corrected chi connectivity index (χ2v) is 10.4. The normalized spacial score (nSPS) is 14.8. The van der Waals surface area contributed by atoms with Crippen LogP contribution in [-0.4, -0.2) is 62.1 Å². The minimum absolute atomic E-state index is 0.167. The molecule has 3 rings (SSSR count). The number of carbonyl (C=O) groups is 1. The molecule has 3 N–H and O–H groups in total. The number of ether oxygens (including phenoxy) is 1. The van der Waals surface area contributed by atoms with Crippen LogP contribution in [0.4, 0.5) is 5.69 Å². The Labute approximate surface area is 222 Å². The van der Waals surface area contributed by atoms with Gasteiger partial charge in [0.05, 0.1) is 23.4 Å². The number of halogens is 1. The number of nitrogens with one attached hydrogen (secondary N) is 1. The lowest BCUT2D eigenvalue weighted by Crippen LogP contribution is -2.39. The molecule has 0 aromatic heterocycles. The molecule has 1 amide bonds. The summed E-state index contributed by atoms with van der Waals surface area (Å²) in [6.07, 6.45) is 5.99. The molecule has 198 valence electrons. The monoisotopic (exact) mass is 514 g/mol. The third-order valence-electron chi connectivity index (χ3n) is 7.24. The van der Waals surface area contributed by atoms with Crippen LogP contribution in [0.3, 0.4) is 0 Å². The number of aryl methyl sites for hydroxylation is 1. The van der Waals surface area contributed by atoms with Gasteiger partial charge in [0.2, 0.25) is 0 Å². The number of nitrogens with two attached hydrogens (primary N) is 1. The van der Waals surface area contributed by atoms with E-state index in [1.54, 1.807) is 12.1 Å². The summed E-state index contributed by atoms with van der Waals surface area (Å²) >= 11 is 6.10. The molecule has 0 saturated carbocycles. The number of rotatable bonds is 13. The summed E-state index contributed by atoms with van der Waals surface area (Å²) in [6, 6.07) is 12.1. The van der Waals surface area contributed by atoms with Gasteiger partial charge in [-0.3, -0.25) is 9.69 Å². The van der Waals surface area contributed by atoms with Crippen LogP contribution in [0.5, 0.6) is 5.75 Å². The fourth-order valence-corrected chi connectivity index (χ4v) is 4.97. The Morgan fingerprint density at radius 2 is 1.89 bits per heavy atom. The van der Waals surface area contributed by atoms with E-state index in [-0.39, 0.29) is 5.91 Å². The SMILES string of the molecule is CCN(CCCCCN1CCC(CNC(=O)c2cc(Cl)c(N)cc2OC)CC1)Cc1ccc(C)cc1. The van der Waals surface area contributed by atoms with Crippen LogP contribution in [0, 0.1) is 12.8 Å². The predicted molar refractivity (Wildman–Crippen MR) is 150 cm³/mol. The molecule has 1 heterocycles. The number of hydrogen-bond acceptors (Lipinski definition) is 5. The fraction of sp³-hybridized carbons (Fsp3) is 0.552. The molecule has 0 radical (unpaired) electrons. The lowest BCUT2D eigenvalue weighted by molar-refractivity contribution is 0.0933. The number of piperidine rings is 1. The average Bonchev–Trinajstić information content (AvgIpc) is 2.89. The molecule has 1 aliphatic heterocycles. The first-order chi connectivity index (χ1) is 17.4. The third kappa shape index (κ3) is 8.68. The second kappa shape index (κ2) is 14.5. The highest BCUT2D eigenvalue weighted by Gasteiger charge is 2.21. The summed E-state index contributed by atoms with van der Waals surface area (Å²) < 4.78 is 5.30. The molecule has 6 nitrogen and oxygen atoms in total. The first kappa shape index (κ1) is 28.3. The zero-order chi connectivity index (χ0) is 25.9. The second-order valence-electron chi connectivity index (χ2n) is 9.98. The van der Waals surface area contributed by atoms with Crippen LogP contribution >= 0.6 is 11.6 Å². The van der Waals surface area contributed by atoms with Crippen molar-refractivity contribution in [3.8, 4) is 5.75 Å². The van der Waals surface area contributed by atoms with E-state index in [9.17, 15) is 4.79 Å². The van der Waals surface area contributed by atoms with Gasteiger partial charge in [0.1, 0.15) is 5.75 Å². The van der Waals surface area contributed by atoms with Crippen molar-refractivity contribution in [1.29, 1.82) is 0 Å². The Kier molecular flexibility index (Phi) is 11.4. The van der Waals surface area contributed by atoms with E-state index in [4.69, 9.17) is 22.1 Å². The number of carbonyl (C=O) groups excluding carboxylic acids is 1. The van der Waals surface area contributed by atoms with Crippen LogP contribution < -0.4 is 15.8 Å². The van der Waals surface area contributed by atoms with Crippen molar-refractivity contribution < 1.29 is 9.53 Å². The lowest BCUT2D eigenvalue weighted by Gasteiger charge is -2.32. The molecule has 0 unspecified atom stereocenters. The van der Waals surface area contributed by atoms with Crippen LogP contribution in [0.15, 0.2) is 36.4 Å².